The SMILES string of the molecule is COc1cc(OC)cc(C(=O)N2CC[C@H](N(Cc3ccnc4ccccc34)C(=O)C(F)(F)F)C[C@H]2Cc2ccccc2)c1. The Bertz CT molecular complexity index is 1570. The first-order chi connectivity index (χ1) is 20.7. The molecule has 0 aliphatic carbocycles. The molecule has 1 aromatic heterocycles. The first kappa shape index (κ1) is 29.9. The summed E-state index contributed by atoms with van der Waals surface area (Å²) in [6.07, 6.45) is -2.75. The van der Waals surface area contributed by atoms with Gasteiger partial charge in [0.1, 0.15) is 11.5 Å². The molecule has 3 aromatic carbocycles. The van der Waals surface area contributed by atoms with Crippen LogP contribution in [0.25, 0.3) is 10.9 Å². The van der Waals surface area contributed by atoms with Gasteiger partial charge < -0.3 is 19.3 Å². The molecule has 0 saturated carbocycles. The Morgan fingerprint density at radius 2 is 1.63 bits per heavy atom. The second-order valence-electron chi connectivity index (χ2n) is 10.5. The highest BCUT2D eigenvalue weighted by atomic mass is 19.4. The van der Waals surface area contributed by atoms with Crippen molar-refractivity contribution in [3.05, 3.63) is 102 Å². The minimum absolute atomic E-state index is 0.166. The van der Waals surface area contributed by atoms with E-state index in [2.05, 4.69) is 4.98 Å². The molecule has 0 radical (unpaired) electrons. The molecule has 0 N–H and O–H groups in total. The van der Waals surface area contributed by atoms with Crippen LogP contribution < -0.4 is 9.47 Å². The molecule has 224 valence electrons. The summed E-state index contributed by atoms with van der Waals surface area (Å²) in [7, 11) is 2.98. The molecule has 0 bridgehead atoms. The number of alkyl halides is 3. The molecular formula is C33H32F3N3O4. The van der Waals surface area contributed by atoms with Crippen molar-refractivity contribution in [2.75, 3.05) is 20.8 Å². The molecule has 7 nitrogen and oxygen atoms in total. The summed E-state index contributed by atoms with van der Waals surface area (Å²) in [5.41, 5.74) is 2.49. The van der Waals surface area contributed by atoms with Crippen molar-refractivity contribution in [1.29, 1.82) is 0 Å². The highest BCUT2D eigenvalue weighted by Gasteiger charge is 2.46. The van der Waals surface area contributed by atoms with E-state index in [0.29, 0.717) is 39.9 Å². The van der Waals surface area contributed by atoms with Gasteiger partial charge in [-0.05, 0) is 54.7 Å². The lowest BCUT2D eigenvalue weighted by atomic mass is 9.90. The fourth-order valence-electron chi connectivity index (χ4n) is 5.76. The number of methoxy groups -OCH3 is 2. The van der Waals surface area contributed by atoms with E-state index >= 15 is 0 Å². The van der Waals surface area contributed by atoms with Crippen LogP contribution in [0.2, 0.25) is 0 Å². The quantitative estimate of drug-likeness (QED) is 0.249. The van der Waals surface area contributed by atoms with Gasteiger partial charge in [0.15, 0.2) is 0 Å². The number of piperidine rings is 1. The molecule has 1 saturated heterocycles. The maximum Gasteiger partial charge on any atom is 0.471 e. The number of fused-ring (bicyclic) bond motifs is 1. The van der Waals surface area contributed by atoms with Crippen LogP contribution in [0, 0.1) is 0 Å². The summed E-state index contributed by atoms with van der Waals surface area (Å²) in [4.78, 5) is 33.7. The molecule has 4 aromatic rings. The van der Waals surface area contributed by atoms with Crippen LogP contribution in [0.5, 0.6) is 11.5 Å². The van der Waals surface area contributed by atoms with Gasteiger partial charge in [0, 0.05) is 48.4 Å². The molecule has 10 heteroatoms. The van der Waals surface area contributed by atoms with Gasteiger partial charge in [-0.2, -0.15) is 13.2 Å². The Hall–Kier alpha value is -4.60. The lowest BCUT2D eigenvalue weighted by molar-refractivity contribution is -0.189. The number of halogens is 3. The highest BCUT2D eigenvalue weighted by Crippen LogP contribution is 2.33. The fraction of sp³-hybridized carbons (Fsp3) is 0.303. The molecule has 2 atom stereocenters. The number of benzene rings is 3. The number of carbonyl (C=O) groups excluding carboxylic acids is 2. The van der Waals surface area contributed by atoms with Gasteiger partial charge in [0.25, 0.3) is 5.91 Å². The highest BCUT2D eigenvalue weighted by molar-refractivity contribution is 5.95. The lowest BCUT2D eigenvalue weighted by Crippen LogP contribution is -2.55. The third kappa shape index (κ3) is 6.74. The number of carbonyl (C=O) groups is 2. The number of ether oxygens (including phenoxy) is 2. The van der Waals surface area contributed by atoms with E-state index in [9.17, 15) is 22.8 Å². The topological polar surface area (TPSA) is 72.0 Å². The molecule has 1 aliphatic rings. The van der Waals surface area contributed by atoms with Crippen molar-refractivity contribution in [1.82, 2.24) is 14.8 Å². The Morgan fingerprint density at radius 3 is 2.30 bits per heavy atom. The number of hydrogen-bond donors (Lipinski definition) is 0. The fourth-order valence-corrected chi connectivity index (χ4v) is 5.76. The summed E-state index contributed by atoms with van der Waals surface area (Å²) in [5, 5.41) is 0.686. The van der Waals surface area contributed by atoms with Gasteiger partial charge in [0.05, 0.1) is 19.7 Å². The Morgan fingerprint density at radius 1 is 0.953 bits per heavy atom. The van der Waals surface area contributed by atoms with Crippen LogP contribution in [0.1, 0.15) is 34.3 Å². The zero-order valence-corrected chi connectivity index (χ0v) is 23.9. The van der Waals surface area contributed by atoms with Crippen LogP contribution in [0.15, 0.2) is 85.1 Å². The van der Waals surface area contributed by atoms with E-state index in [-0.39, 0.29) is 31.8 Å². The van der Waals surface area contributed by atoms with Crippen LogP contribution in [0.4, 0.5) is 13.2 Å². The number of hydrogen-bond acceptors (Lipinski definition) is 5. The number of nitrogens with zero attached hydrogens (tertiary/aromatic N) is 3. The standard InChI is InChI=1S/C33H32F3N3O4/c1-42-27-17-24(18-28(20-27)43-2)31(40)38-15-13-25(19-26(38)16-22-8-4-3-5-9-22)39(32(41)33(34,35)36)21-23-12-14-37-30-11-7-6-10-29(23)30/h3-12,14,17-18,20,25-26H,13,15-16,19,21H2,1-2H3/t25-,26+/m0/s1. The van der Waals surface area contributed by atoms with Crippen molar-refractivity contribution in [2.24, 2.45) is 0 Å². The number of likely N-dealkylation sites (tertiary alicyclic amines) is 1. The molecule has 0 spiro atoms. The molecule has 43 heavy (non-hydrogen) atoms. The van der Waals surface area contributed by atoms with E-state index in [1.807, 2.05) is 30.3 Å². The second-order valence-corrected chi connectivity index (χ2v) is 10.5. The maximum atomic E-state index is 14.0. The zero-order chi connectivity index (χ0) is 30.6. The summed E-state index contributed by atoms with van der Waals surface area (Å²) < 4.78 is 52.7. The summed E-state index contributed by atoms with van der Waals surface area (Å²) >= 11 is 0. The van der Waals surface area contributed by atoms with Crippen molar-refractivity contribution in [3.8, 4) is 11.5 Å². The molecule has 1 fully saturated rings. The van der Waals surface area contributed by atoms with Crippen molar-refractivity contribution < 1.29 is 32.2 Å². The summed E-state index contributed by atoms with van der Waals surface area (Å²) in [6.45, 7) is -0.0651. The molecule has 2 heterocycles. The van der Waals surface area contributed by atoms with Gasteiger partial charge in [-0.15, -0.1) is 0 Å². The van der Waals surface area contributed by atoms with Crippen molar-refractivity contribution >= 4 is 22.7 Å². The van der Waals surface area contributed by atoms with Crippen LogP contribution in [0.3, 0.4) is 0 Å². The smallest absolute Gasteiger partial charge is 0.471 e. The molecular weight excluding hydrogens is 559 g/mol. The van der Waals surface area contributed by atoms with E-state index in [4.69, 9.17) is 9.47 Å². The van der Waals surface area contributed by atoms with Gasteiger partial charge >= 0.3 is 12.1 Å². The second kappa shape index (κ2) is 12.7. The van der Waals surface area contributed by atoms with E-state index in [1.54, 1.807) is 53.4 Å². The number of aromatic nitrogens is 1. The minimum atomic E-state index is -5.05. The first-order valence-corrected chi connectivity index (χ1v) is 14.0. The van der Waals surface area contributed by atoms with Gasteiger partial charge in [-0.1, -0.05) is 48.5 Å². The van der Waals surface area contributed by atoms with Crippen molar-refractivity contribution in [2.45, 2.75) is 44.1 Å². The Kier molecular flexibility index (Phi) is 8.84. The average Bonchev–Trinajstić information content (AvgIpc) is 3.02. The Labute approximate surface area is 247 Å². The average molecular weight is 592 g/mol. The largest absolute Gasteiger partial charge is 0.497 e. The molecule has 2 amide bonds. The lowest BCUT2D eigenvalue weighted by Gasteiger charge is -2.44. The minimum Gasteiger partial charge on any atom is -0.497 e. The van der Waals surface area contributed by atoms with Crippen molar-refractivity contribution in [3.63, 3.8) is 0 Å². The summed E-state index contributed by atoms with van der Waals surface area (Å²) in [5.74, 6) is -1.29. The van der Waals surface area contributed by atoms with E-state index in [1.165, 1.54) is 20.4 Å². The maximum absolute atomic E-state index is 14.0. The summed E-state index contributed by atoms with van der Waals surface area (Å²) in [6, 6.07) is 21.9. The van der Waals surface area contributed by atoms with E-state index < -0.39 is 24.2 Å². The number of para-hydroxylation sites is 1. The zero-order valence-electron chi connectivity index (χ0n) is 23.9. The third-order valence-corrected chi connectivity index (χ3v) is 7.89. The monoisotopic (exact) mass is 591 g/mol. The number of rotatable bonds is 8. The predicted molar refractivity (Wildman–Crippen MR) is 156 cm³/mol. The van der Waals surface area contributed by atoms with Gasteiger partial charge in [0.2, 0.25) is 0 Å². The Balaban J connectivity index is 1.49. The third-order valence-electron chi connectivity index (χ3n) is 7.89. The van der Waals surface area contributed by atoms with Gasteiger partial charge in [-0.25, -0.2) is 0 Å². The molecule has 0 unspecified atom stereocenters. The predicted octanol–water partition coefficient (Wildman–Crippen LogP) is 6.06. The van der Waals surface area contributed by atoms with Crippen LogP contribution in [-0.2, 0) is 17.8 Å². The van der Waals surface area contributed by atoms with Crippen LogP contribution in [-0.4, -0.2) is 65.6 Å². The number of pyridine rings is 1. The molecule has 1 aliphatic heterocycles. The van der Waals surface area contributed by atoms with E-state index in [0.717, 1.165) is 10.5 Å². The van der Waals surface area contributed by atoms with Crippen LogP contribution >= 0.6 is 0 Å². The first-order valence-electron chi connectivity index (χ1n) is 14.0. The molecule has 5 rings (SSSR count). The normalized spacial score (nSPS) is 17.0. The number of amides is 2. The van der Waals surface area contributed by atoms with Gasteiger partial charge in [-0.3, -0.25) is 14.6 Å².